The number of nitrogens with zero attached hydrogens (tertiary/aromatic N) is 3. The Bertz CT molecular complexity index is 961. The van der Waals surface area contributed by atoms with E-state index in [1.807, 2.05) is 0 Å². The molecule has 3 N–H and O–H groups in total. The third kappa shape index (κ3) is 3.75. The van der Waals surface area contributed by atoms with E-state index in [0.717, 1.165) is 27.9 Å². The lowest BCUT2D eigenvalue weighted by molar-refractivity contribution is 0.103. The molecule has 0 atom stereocenters. The fraction of sp³-hybridized carbons (Fsp3) is 0.0714. The highest BCUT2D eigenvalue weighted by molar-refractivity contribution is 9.10. The number of carbonyl (C=O) groups is 1. The minimum Gasteiger partial charge on any atom is -0.506 e. The van der Waals surface area contributed by atoms with Gasteiger partial charge in [0.15, 0.2) is 10.9 Å². The molecule has 1 amide bonds. The first-order chi connectivity index (χ1) is 11.8. The van der Waals surface area contributed by atoms with Crippen LogP contribution in [0.2, 0.25) is 5.02 Å². The zero-order valence-corrected chi connectivity index (χ0v) is 15.7. The highest BCUT2D eigenvalue weighted by Crippen LogP contribution is 2.34. The summed E-state index contributed by atoms with van der Waals surface area (Å²) in [6.07, 6.45) is 3.10. The van der Waals surface area contributed by atoms with Crippen molar-refractivity contribution < 1.29 is 14.3 Å². The van der Waals surface area contributed by atoms with Gasteiger partial charge in [0.1, 0.15) is 21.5 Å². The summed E-state index contributed by atoms with van der Waals surface area (Å²) in [5.41, 5.74) is -0.290. The first kappa shape index (κ1) is 17.6. The van der Waals surface area contributed by atoms with E-state index in [0.29, 0.717) is 10.9 Å². The van der Waals surface area contributed by atoms with Crippen molar-refractivity contribution >= 4 is 61.4 Å². The van der Waals surface area contributed by atoms with Crippen LogP contribution in [0.1, 0.15) is 9.67 Å². The molecule has 2 aromatic heterocycles. The molecule has 0 bridgehead atoms. The van der Waals surface area contributed by atoms with Crippen molar-refractivity contribution in [2.45, 2.75) is 0 Å². The van der Waals surface area contributed by atoms with Gasteiger partial charge in [0.2, 0.25) is 0 Å². The van der Waals surface area contributed by atoms with Crippen LogP contribution < -0.4 is 10.6 Å². The molecule has 0 fully saturated rings. The molecule has 1 aromatic carbocycles. The number of hydrogen-bond acceptors (Lipinski definition) is 6. The standard InChI is InChI=1S/C14H10BrClFN5O2S/c1-22-5-6(15)12(21-22)20-14-18-4-9(25-14)13(24)19-11-7(17)2-3-8(23)10(11)16/h2-5,23H,1H3,(H,19,24)(H,18,20,21). The van der Waals surface area contributed by atoms with Gasteiger partial charge < -0.3 is 15.7 Å². The van der Waals surface area contributed by atoms with Crippen LogP contribution in [0.4, 0.5) is 21.0 Å². The van der Waals surface area contributed by atoms with Crippen molar-refractivity contribution in [1.82, 2.24) is 14.8 Å². The molecule has 11 heteroatoms. The van der Waals surface area contributed by atoms with Crippen molar-refractivity contribution in [2.75, 3.05) is 10.6 Å². The minimum atomic E-state index is -0.753. The quantitative estimate of drug-likeness (QED) is 0.560. The van der Waals surface area contributed by atoms with E-state index in [1.165, 1.54) is 6.20 Å². The molecule has 0 spiro atoms. The number of aryl methyl sites for hydroxylation is 1. The average molecular weight is 447 g/mol. The number of nitrogens with one attached hydrogen (secondary N) is 2. The van der Waals surface area contributed by atoms with E-state index in [2.05, 4.69) is 36.6 Å². The maximum Gasteiger partial charge on any atom is 0.267 e. The molecule has 0 unspecified atom stereocenters. The molecule has 0 radical (unpaired) electrons. The van der Waals surface area contributed by atoms with Crippen LogP contribution in [0.3, 0.4) is 0 Å². The van der Waals surface area contributed by atoms with E-state index in [1.54, 1.807) is 17.9 Å². The SMILES string of the molecule is Cn1cc(Br)c(Nc2ncc(C(=O)Nc3c(F)ccc(O)c3Cl)s2)n1. The Balaban J connectivity index is 1.77. The summed E-state index contributed by atoms with van der Waals surface area (Å²) in [6.45, 7) is 0. The third-order valence-electron chi connectivity index (χ3n) is 3.05. The molecule has 25 heavy (non-hydrogen) atoms. The van der Waals surface area contributed by atoms with Crippen molar-refractivity contribution in [1.29, 1.82) is 0 Å². The smallest absolute Gasteiger partial charge is 0.267 e. The first-order valence-corrected chi connectivity index (χ1v) is 8.74. The number of amides is 1. The van der Waals surface area contributed by atoms with E-state index in [4.69, 9.17) is 11.6 Å². The van der Waals surface area contributed by atoms with Gasteiger partial charge in [-0.15, -0.1) is 0 Å². The van der Waals surface area contributed by atoms with Gasteiger partial charge in [-0.3, -0.25) is 9.48 Å². The Labute approximate surface area is 158 Å². The van der Waals surface area contributed by atoms with Crippen LogP contribution in [0.5, 0.6) is 5.75 Å². The number of phenolic OH excluding ortho intramolecular Hbond substituents is 1. The Hall–Kier alpha value is -2.17. The number of aromatic nitrogens is 3. The summed E-state index contributed by atoms with van der Waals surface area (Å²) >= 11 is 10.2. The van der Waals surface area contributed by atoms with Crippen molar-refractivity contribution in [3.05, 3.63) is 44.7 Å². The predicted octanol–water partition coefficient (Wildman–Crippen LogP) is 4.13. The number of aromatic hydroxyl groups is 1. The zero-order chi connectivity index (χ0) is 18.1. The van der Waals surface area contributed by atoms with Crippen molar-refractivity contribution in [3.63, 3.8) is 0 Å². The molecule has 0 aliphatic heterocycles. The van der Waals surface area contributed by atoms with E-state index < -0.39 is 11.7 Å². The molecule has 0 saturated carbocycles. The molecular weight excluding hydrogens is 437 g/mol. The molecule has 2 heterocycles. The number of hydrogen-bond donors (Lipinski definition) is 3. The van der Waals surface area contributed by atoms with Crippen LogP contribution in [0, 0.1) is 5.82 Å². The molecule has 7 nitrogen and oxygen atoms in total. The summed E-state index contributed by atoms with van der Waals surface area (Å²) in [4.78, 5) is 16.6. The number of thiazole rings is 1. The third-order valence-corrected chi connectivity index (χ3v) is 4.92. The fourth-order valence-electron chi connectivity index (χ4n) is 1.91. The Morgan fingerprint density at radius 3 is 2.92 bits per heavy atom. The van der Waals surface area contributed by atoms with Gasteiger partial charge in [-0.1, -0.05) is 22.9 Å². The maximum atomic E-state index is 13.8. The summed E-state index contributed by atoms with van der Waals surface area (Å²) in [5, 5.41) is 19.2. The lowest BCUT2D eigenvalue weighted by Gasteiger charge is -2.08. The molecule has 3 rings (SSSR count). The summed E-state index contributed by atoms with van der Waals surface area (Å²) in [7, 11) is 1.77. The molecule has 3 aromatic rings. The molecule has 130 valence electrons. The Morgan fingerprint density at radius 1 is 1.48 bits per heavy atom. The predicted molar refractivity (Wildman–Crippen MR) is 97.3 cm³/mol. The van der Waals surface area contributed by atoms with Gasteiger partial charge in [0.05, 0.1) is 16.4 Å². The second-order valence-electron chi connectivity index (χ2n) is 4.86. The van der Waals surface area contributed by atoms with Gasteiger partial charge in [-0.05, 0) is 28.1 Å². The second kappa shape index (κ2) is 6.98. The van der Waals surface area contributed by atoms with Gasteiger partial charge in [0.25, 0.3) is 5.91 Å². The summed E-state index contributed by atoms with van der Waals surface area (Å²) in [5.74, 6) is -1.13. The number of anilines is 3. The lowest BCUT2D eigenvalue weighted by Crippen LogP contribution is -2.12. The average Bonchev–Trinajstić information content (AvgIpc) is 3.14. The lowest BCUT2D eigenvalue weighted by atomic mass is 10.2. The van der Waals surface area contributed by atoms with Crippen LogP contribution in [-0.4, -0.2) is 25.8 Å². The number of benzene rings is 1. The van der Waals surface area contributed by atoms with Gasteiger partial charge in [0, 0.05) is 13.2 Å². The van der Waals surface area contributed by atoms with E-state index in [-0.39, 0.29) is 21.3 Å². The monoisotopic (exact) mass is 445 g/mol. The van der Waals surface area contributed by atoms with Gasteiger partial charge >= 0.3 is 0 Å². The normalized spacial score (nSPS) is 10.7. The van der Waals surface area contributed by atoms with Gasteiger partial charge in [-0.25, -0.2) is 9.37 Å². The number of halogens is 3. The maximum absolute atomic E-state index is 13.8. The minimum absolute atomic E-state index is 0.230. The Morgan fingerprint density at radius 2 is 2.24 bits per heavy atom. The number of carbonyl (C=O) groups excluding carboxylic acids is 1. The second-order valence-corrected chi connectivity index (χ2v) is 7.13. The van der Waals surface area contributed by atoms with Crippen LogP contribution in [-0.2, 0) is 7.05 Å². The van der Waals surface area contributed by atoms with Crippen molar-refractivity contribution in [2.24, 2.45) is 7.05 Å². The van der Waals surface area contributed by atoms with Crippen LogP contribution in [0.25, 0.3) is 0 Å². The van der Waals surface area contributed by atoms with Crippen LogP contribution >= 0.6 is 38.9 Å². The van der Waals surface area contributed by atoms with E-state index >= 15 is 0 Å². The number of rotatable bonds is 4. The highest BCUT2D eigenvalue weighted by atomic mass is 79.9. The Kier molecular flexibility index (Phi) is 4.93. The summed E-state index contributed by atoms with van der Waals surface area (Å²) in [6, 6.07) is 2.11. The number of phenols is 1. The molecule has 0 saturated heterocycles. The molecule has 0 aliphatic carbocycles. The molecular formula is C14H10BrClFN5O2S. The van der Waals surface area contributed by atoms with E-state index in [9.17, 15) is 14.3 Å². The first-order valence-electron chi connectivity index (χ1n) is 6.75. The van der Waals surface area contributed by atoms with Gasteiger partial charge in [-0.2, -0.15) is 5.10 Å². The fourth-order valence-corrected chi connectivity index (χ4v) is 3.30. The molecule has 0 aliphatic rings. The van der Waals surface area contributed by atoms with Crippen molar-refractivity contribution in [3.8, 4) is 5.75 Å². The largest absolute Gasteiger partial charge is 0.506 e. The zero-order valence-electron chi connectivity index (χ0n) is 12.5. The van der Waals surface area contributed by atoms with Crippen LogP contribution in [0.15, 0.2) is 29.0 Å². The topological polar surface area (TPSA) is 92.1 Å². The highest BCUT2D eigenvalue weighted by Gasteiger charge is 2.18. The summed E-state index contributed by atoms with van der Waals surface area (Å²) < 4.78 is 16.1.